The van der Waals surface area contributed by atoms with Crippen molar-refractivity contribution in [2.24, 2.45) is 5.73 Å². The molecule has 86 valence electrons. The molecule has 1 aliphatic rings. The van der Waals surface area contributed by atoms with E-state index in [0.717, 1.165) is 25.7 Å². The minimum Gasteiger partial charge on any atom is -0.461 e. The number of nitrogens with one attached hydrogen (secondary N) is 1. The van der Waals surface area contributed by atoms with Crippen LogP contribution in [-0.4, -0.2) is 31.1 Å². The number of esters is 1. The average molecular weight is 214 g/mol. The summed E-state index contributed by atoms with van der Waals surface area (Å²) in [4.78, 5) is 21.4. The van der Waals surface area contributed by atoms with Gasteiger partial charge in [-0.3, -0.25) is 9.59 Å². The number of hydrogen-bond donors (Lipinski definition) is 2. The molecule has 1 atom stereocenters. The second kappa shape index (κ2) is 6.40. The molecule has 0 saturated heterocycles. The topological polar surface area (TPSA) is 81.4 Å². The van der Waals surface area contributed by atoms with Gasteiger partial charge in [0.05, 0.1) is 0 Å². The first kappa shape index (κ1) is 12.0. The van der Waals surface area contributed by atoms with Gasteiger partial charge in [0.15, 0.2) is 0 Å². The first-order valence-electron chi connectivity index (χ1n) is 5.37. The highest BCUT2D eigenvalue weighted by Crippen LogP contribution is 2.20. The van der Waals surface area contributed by atoms with Crippen molar-refractivity contribution in [3.05, 3.63) is 0 Å². The van der Waals surface area contributed by atoms with E-state index in [9.17, 15) is 9.59 Å². The van der Waals surface area contributed by atoms with Crippen molar-refractivity contribution in [2.75, 3.05) is 6.54 Å². The summed E-state index contributed by atoms with van der Waals surface area (Å²) in [5.74, 6) is -0.420. The van der Waals surface area contributed by atoms with E-state index in [1.165, 1.54) is 6.42 Å². The van der Waals surface area contributed by atoms with Gasteiger partial charge in [0.2, 0.25) is 6.41 Å². The van der Waals surface area contributed by atoms with Gasteiger partial charge in [-0.1, -0.05) is 6.42 Å². The summed E-state index contributed by atoms with van der Waals surface area (Å²) in [5, 5.41) is 2.36. The zero-order valence-electron chi connectivity index (χ0n) is 8.78. The molecule has 15 heavy (non-hydrogen) atoms. The number of carbonyl (C=O) groups excluding carboxylic acids is 2. The molecule has 0 aromatic rings. The Morgan fingerprint density at radius 3 is 2.73 bits per heavy atom. The molecule has 5 heteroatoms. The zero-order chi connectivity index (χ0) is 11.1. The average Bonchev–Trinajstić information content (AvgIpc) is 2.27. The van der Waals surface area contributed by atoms with Gasteiger partial charge in [0, 0.05) is 6.54 Å². The van der Waals surface area contributed by atoms with E-state index in [4.69, 9.17) is 10.5 Å². The lowest BCUT2D eigenvalue weighted by Gasteiger charge is -2.23. The van der Waals surface area contributed by atoms with Crippen LogP contribution in [0.4, 0.5) is 0 Å². The van der Waals surface area contributed by atoms with Gasteiger partial charge in [0.1, 0.15) is 12.1 Å². The molecular formula is C10H18N2O3. The van der Waals surface area contributed by atoms with E-state index in [1.54, 1.807) is 0 Å². The number of hydrogen-bond acceptors (Lipinski definition) is 4. The lowest BCUT2D eigenvalue weighted by Crippen LogP contribution is -2.42. The monoisotopic (exact) mass is 214 g/mol. The number of nitrogens with two attached hydrogens (primary N) is 1. The predicted octanol–water partition coefficient (Wildman–Crippen LogP) is -0.0644. The Balaban J connectivity index is 2.23. The van der Waals surface area contributed by atoms with Crippen LogP contribution < -0.4 is 11.1 Å². The van der Waals surface area contributed by atoms with Crippen LogP contribution in [0.15, 0.2) is 0 Å². The molecule has 0 spiro atoms. The minimum absolute atomic E-state index is 0.0218. The summed E-state index contributed by atoms with van der Waals surface area (Å²) < 4.78 is 5.23. The fourth-order valence-electron chi connectivity index (χ4n) is 1.69. The van der Waals surface area contributed by atoms with Crippen LogP contribution in [0.2, 0.25) is 0 Å². The van der Waals surface area contributed by atoms with E-state index in [0.29, 0.717) is 6.41 Å². The van der Waals surface area contributed by atoms with Crippen LogP contribution in [-0.2, 0) is 14.3 Å². The third-order valence-corrected chi connectivity index (χ3v) is 2.56. The van der Waals surface area contributed by atoms with Crippen LogP contribution in [0.25, 0.3) is 0 Å². The van der Waals surface area contributed by atoms with Gasteiger partial charge in [-0.2, -0.15) is 0 Å². The molecule has 1 fully saturated rings. The molecule has 0 heterocycles. The highest BCUT2D eigenvalue weighted by Gasteiger charge is 2.21. The SMILES string of the molecule is NC(CNC=O)C(=O)OC1CCCCC1. The van der Waals surface area contributed by atoms with Crippen molar-refractivity contribution in [3.63, 3.8) is 0 Å². The Morgan fingerprint density at radius 1 is 1.47 bits per heavy atom. The molecule has 0 aromatic heterocycles. The Kier molecular flexibility index (Phi) is 5.10. The summed E-state index contributed by atoms with van der Waals surface area (Å²) in [5.41, 5.74) is 5.52. The van der Waals surface area contributed by atoms with E-state index >= 15 is 0 Å². The van der Waals surface area contributed by atoms with Crippen molar-refractivity contribution in [2.45, 2.75) is 44.2 Å². The van der Waals surface area contributed by atoms with Crippen molar-refractivity contribution >= 4 is 12.4 Å². The first-order valence-corrected chi connectivity index (χ1v) is 5.37. The van der Waals surface area contributed by atoms with Gasteiger partial charge in [0.25, 0.3) is 0 Å². The van der Waals surface area contributed by atoms with Gasteiger partial charge >= 0.3 is 5.97 Å². The van der Waals surface area contributed by atoms with E-state index in [2.05, 4.69) is 5.32 Å². The molecule has 1 rings (SSSR count). The second-order valence-electron chi connectivity index (χ2n) is 3.83. The molecule has 0 radical (unpaired) electrons. The summed E-state index contributed by atoms with van der Waals surface area (Å²) in [6, 6.07) is -0.753. The van der Waals surface area contributed by atoms with Crippen LogP contribution in [0.3, 0.4) is 0 Å². The third-order valence-electron chi connectivity index (χ3n) is 2.56. The van der Waals surface area contributed by atoms with Crippen LogP contribution in [0, 0.1) is 0 Å². The Labute approximate surface area is 89.3 Å². The molecule has 3 N–H and O–H groups in total. The number of rotatable bonds is 5. The van der Waals surface area contributed by atoms with Crippen molar-refractivity contribution < 1.29 is 14.3 Å². The third kappa shape index (κ3) is 4.29. The van der Waals surface area contributed by atoms with Crippen LogP contribution in [0.5, 0.6) is 0 Å². The van der Waals surface area contributed by atoms with E-state index in [-0.39, 0.29) is 12.6 Å². The standard InChI is InChI=1S/C10H18N2O3/c11-9(6-12-7-13)10(14)15-8-4-2-1-3-5-8/h7-9H,1-6,11H2,(H,12,13). The highest BCUT2D eigenvalue weighted by molar-refractivity contribution is 5.76. The van der Waals surface area contributed by atoms with Crippen molar-refractivity contribution in [3.8, 4) is 0 Å². The number of amides is 1. The lowest BCUT2D eigenvalue weighted by molar-refractivity contribution is -0.151. The summed E-state index contributed by atoms with van der Waals surface area (Å²) in [6.07, 6.45) is 5.84. The molecule has 0 bridgehead atoms. The smallest absolute Gasteiger partial charge is 0.325 e. The quantitative estimate of drug-likeness (QED) is 0.496. The van der Waals surface area contributed by atoms with Crippen molar-refractivity contribution in [1.82, 2.24) is 5.32 Å². The van der Waals surface area contributed by atoms with Gasteiger partial charge in [-0.15, -0.1) is 0 Å². The summed E-state index contributed by atoms with van der Waals surface area (Å²) in [6.45, 7) is 0.134. The molecule has 1 saturated carbocycles. The van der Waals surface area contributed by atoms with Gasteiger partial charge in [-0.05, 0) is 25.7 Å². The second-order valence-corrected chi connectivity index (χ2v) is 3.83. The minimum atomic E-state index is -0.753. The molecule has 1 unspecified atom stereocenters. The van der Waals surface area contributed by atoms with Crippen LogP contribution >= 0.6 is 0 Å². The summed E-state index contributed by atoms with van der Waals surface area (Å²) in [7, 11) is 0. The maximum atomic E-state index is 11.4. The zero-order valence-corrected chi connectivity index (χ0v) is 8.78. The Hall–Kier alpha value is -1.10. The van der Waals surface area contributed by atoms with E-state index in [1.807, 2.05) is 0 Å². The number of carbonyl (C=O) groups is 2. The largest absolute Gasteiger partial charge is 0.461 e. The Bertz CT molecular complexity index is 215. The van der Waals surface area contributed by atoms with E-state index < -0.39 is 12.0 Å². The molecular weight excluding hydrogens is 196 g/mol. The molecule has 0 aromatic carbocycles. The maximum absolute atomic E-state index is 11.4. The molecule has 1 amide bonds. The molecule has 0 aliphatic heterocycles. The fraction of sp³-hybridized carbons (Fsp3) is 0.800. The highest BCUT2D eigenvalue weighted by atomic mass is 16.5. The number of ether oxygens (including phenoxy) is 1. The first-order chi connectivity index (χ1) is 7.24. The summed E-state index contributed by atoms with van der Waals surface area (Å²) >= 11 is 0. The lowest BCUT2D eigenvalue weighted by atomic mass is 9.98. The molecule has 1 aliphatic carbocycles. The molecule has 5 nitrogen and oxygen atoms in total. The Morgan fingerprint density at radius 2 is 2.13 bits per heavy atom. The van der Waals surface area contributed by atoms with Crippen molar-refractivity contribution in [1.29, 1.82) is 0 Å². The normalized spacial score (nSPS) is 19.3. The van der Waals surface area contributed by atoms with Crippen LogP contribution in [0.1, 0.15) is 32.1 Å². The van der Waals surface area contributed by atoms with Gasteiger partial charge < -0.3 is 15.8 Å². The van der Waals surface area contributed by atoms with Gasteiger partial charge in [-0.25, -0.2) is 0 Å². The predicted molar refractivity (Wildman–Crippen MR) is 55.0 cm³/mol. The fourth-order valence-corrected chi connectivity index (χ4v) is 1.69. The maximum Gasteiger partial charge on any atom is 0.325 e.